The molecule has 1 heterocycles. The van der Waals surface area contributed by atoms with E-state index in [2.05, 4.69) is 0 Å². The summed E-state index contributed by atoms with van der Waals surface area (Å²) in [5.41, 5.74) is 1.14. The Labute approximate surface area is 152 Å². The van der Waals surface area contributed by atoms with E-state index < -0.39 is 16.9 Å². The molecule has 1 aliphatic heterocycles. The molecule has 0 radical (unpaired) electrons. The normalized spacial score (nSPS) is 18.3. The summed E-state index contributed by atoms with van der Waals surface area (Å²) in [5, 5.41) is 10.6. The Morgan fingerprint density at radius 3 is 2.54 bits per heavy atom. The third-order valence-electron chi connectivity index (χ3n) is 3.91. The minimum atomic E-state index is -0.826. The zero-order valence-corrected chi connectivity index (χ0v) is 15.0. The van der Waals surface area contributed by atoms with Crippen LogP contribution in [0.5, 0.6) is 0 Å². The van der Waals surface area contributed by atoms with Crippen LogP contribution in [0.25, 0.3) is 0 Å². The number of benzene rings is 1. The van der Waals surface area contributed by atoms with E-state index in [4.69, 9.17) is 18.9 Å². The highest BCUT2D eigenvalue weighted by Gasteiger charge is 2.49. The van der Waals surface area contributed by atoms with Crippen molar-refractivity contribution < 1.29 is 28.7 Å². The summed E-state index contributed by atoms with van der Waals surface area (Å²) in [4.78, 5) is 21.6. The number of nitro benzene ring substituents is 1. The van der Waals surface area contributed by atoms with Crippen LogP contribution in [0.1, 0.15) is 38.2 Å². The highest BCUT2D eigenvalue weighted by atomic mass is 16.8. The lowest BCUT2D eigenvalue weighted by atomic mass is 10.1. The second-order valence-electron chi connectivity index (χ2n) is 6.14. The summed E-state index contributed by atoms with van der Waals surface area (Å²) < 4.78 is 20.9. The average Bonchev–Trinajstić information content (AvgIpc) is 3.39. The van der Waals surface area contributed by atoms with Crippen molar-refractivity contribution >= 4 is 11.8 Å². The maximum Gasteiger partial charge on any atom is 0.510 e. The van der Waals surface area contributed by atoms with E-state index >= 15 is 0 Å². The van der Waals surface area contributed by atoms with Gasteiger partial charge in [0, 0.05) is 31.8 Å². The molecule has 1 aromatic carbocycles. The number of carbonyl (C=O) groups is 1. The van der Waals surface area contributed by atoms with Gasteiger partial charge in [0.1, 0.15) is 6.61 Å². The van der Waals surface area contributed by atoms with E-state index in [0.717, 1.165) is 31.2 Å². The minimum Gasteiger partial charge on any atom is -0.434 e. The van der Waals surface area contributed by atoms with Gasteiger partial charge in [0.15, 0.2) is 0 Å². The van der Waals surface area contributed by atoms with Crippen LogP contribution in [0.3, 0.4) is 0 Å². The molecule has 26 heavy (non-hydrogen) atoms. The Morgan fingerprint density at radius 1 is 1.23 bits per heavy atom. The molecule has 0 amide bonds. The van der Waals surface area contributed by atoms with Crippen LogP contribution < -0.4 is 0 Å². The lowest BCUT2D eigenvalue weighted by Crippen LogP contribution is -2.23. The van der Waals surface area contributed by atoms with Gasteiger partial charge in [-0.25, -0.2) is 4.79 Å². The van der Waals surface area contributed by atoms with Crippen LogP contribution in [-0.2, 0) is 25.4 Å². The molecule has 144 valence electrons. The van der Waals surface area contributed by atoms with Crippen molar-refractivity contribution in [1.82, 2.24) is 0 Å². The molecule has 0 N–H and O–H groups in total. The van der Waals surface area contributed by atoms with E-state index in [1.54, 1.807) is 12.1 Å². The smallest absolute Gasteiger partial charge is 0.434 e. The summed E-state index contributed by atoms with van der Waals surface area (Å²) in [7, 11) is 0. The second kappa shape index (κ2) is 10.1. The first kappa shape index (κ1) is 20.1. The van der Waals surface area contributed by atoms with Crippen LogP contribution in [0.2, 0.25) is 0 Å². The fourth-order valence-electron chi connectivity index (χ4n) is 2.41. The highest BCUT2D eigenvalue weighted by Crippen LogP contribution is 2.34. The van der Waals surface area contributed by atoms with Gasteiger partial charge in [-0.3, -0.25) is 10.1 Å². The van der Waals surface area contributed by atoms with Gasteiger partial charge in [0.2, 0.25) is 5.79 Å². The SMILES string of the molecule is CCCOC(=O)OC1(CCCOCCCc2ccc([N+](=O)[O-])cc2)CO1. The molecular formula is C18H25NO7. The van der Waals surface area contributed by atoms with Crippen molar-refractivity contribution in [2.45, 2.75) is 44.8 Å². The Kier molecular flexibility index (Phi) is 7.80. The zero-order valence-electron chi connectivity index (χ0n) is 15.0. The number of nitrogens with zero attached hydrogens (tertiary/aromatic N) is 1. The molecule has 0 aliphatic carbocycles. The Bertz CT molecular complexity index is 584. The topological polar surface area (TPSA) is 100 Å². The van der Waals surface area contributed by atoms with Crippen molar-refractivity contribution in [3.8, 4) is 0 Å². The third kappa shape index (κ3) is 6.97. The molecule has 2 rings (SSSR count). The van der Waals surface area contributed by atoms with Gasteiger partial charge in [0.25, 0.3) is 5.69 Å². The molecule has 8 heteroatoms. The van der Waals surface area contributed by atoms with Gasteiger partial charge in [-0.05, 0) is 31.2 Å². The van der Waals surface area contributed by atoms with Crippen LogP contribution in [0.4, 0.5) is 10.5 Å². The second-order valence-corrected chi connectivity index (χ2v) is 6.14. The molecular weight excluding hydrogens is 342 g/mol. The predicted molar refractivity (Wildman–Crippen MR) is 92.9 cm³/mol. The lowest BCUT2D eigenvalue weighted by Gasteiger charge is -2.13. The van der Waals surface area contributed by atoms with E-state index in [-0.39, 0.29) is 5.69 Å². The number of nitro groups is 1. The Hall–Kier alpha value is -2.19. The maximum absolute atomic E-state index is 11.4. The molecule has 1 atom stereocenters. The Morgan fingerprint density at radius 2 is 1.92 bits per heavy atom. The van der Waals surface area contributed by atoms with Crippen molar-refractivity contribution in [2.24, 2.45) is 0 Å². The number of rotatable bonds is 12. The van der Waals surface area contributed by atoms with E-state index in [1.807, 2.05) is 6.92 Å². The molecule has 0 aromatic heterocycles. The molecule has 8 nitrogen and oxygen atoms in total. The van der Waals surface area contributed by atoms with Crippen molar-refractivity contribution in [1.29, 1.82) is 0 Å². The first-order chi connectivity index (χ1) is 12.5. The van der Waals surface area contributed by atoms with Crippen molar-refractivity contribution in [2.75, 3.05) is 26.4 Å². The largest absolute Gasteiger partial charge is 0.510 e. The van der Waals surface area contributed by atoms with Crippen LogP contribution in [0.15, 0.2) is 24.3 Å². The number of aryl methyl sites for hydroxylation is 1. The van der Waals surface area contributed by atoms with Gasteiger partial charge in [0.05, 0.1) is 11.5 Å². The first-order valence-electron chi connectivity index (χ1n) is 8.85. The maximum atomic E-state index is 11.4. The predicted octanol–water partition coefficient (Wildman–Crippen LogP) is 3.61. The van der Waals surface area contributed by atoms with Gasteiger partial charge >= 0.3 is 6.16 Å². The standard InChI is InChI=1S/C18H25NO7/c1-2-11-24-17(20)26-18(14-25-18)10-4-13-23-12-3-5-15-6-8-16(9-7-15)19(21)22/h6-9H,2-5,10-14H2,1H3. The van der Waals surface area contributed by atoms with Gasteiger partial charge in [-0.1, -0.05) is 19.1 Å². The number of hydrogen-bond acceptors (Lipinski definition) is 7. The third-order valence-corrected chi connectivity index (χ3v) is 3.91. The van der Waals surface area contributed by atoms with Crippen LogP contribution in [0, 0.1) is 10.1 Å². The monoisotopic (exact) mass is 367 g/mol. The van der Waals surface area contributed by atoms with E-state index in [0.29, 0.717) is 32.8 Å². The van der Waals surface area contributed by atoms with Gasteiger partial charge < -0.3 is 18.9 Å². The minimum absolute atomic E-state index is 0.0991. The summed E-state index contributed by atoms with van der Waals surface area (Å²) in [6.07, 6.45) is 3.00. The molecule has 1 saturated heterocycles. The van der Waals surface area contributed by atoms with E-state index in [1.165, 1.54) is 12.1 Å². The van der Waals surface area contributed by atoms with Crippen LogP contribution in [-0.4, -0.2) is 43.3 Å². The zero-order chi connectivity index (χ0) is 18.8. The van der Waals surface area contributed by atoms with Gasteiger partial charge in [-0.15, -0.1) is 0 Å². The average molecular weight is 367 g/mol. The summed E-state index contributed by atoms with van der Waals surface area (Å²) in [6, 6.07) is 6.55. The molecule has 1 fully saturated rings. The molecule has 0 bridgehead atoms. The molecule has 1 aromatic rings. The van der Waals surface area contributed by atoms with Crippen molar-refractivity contribution in [3.63, 3.8) is 0 Å². The summed E-state index contributed by atoms with van der Waals surface area (Å²) in [5.74, 6) is -0.826. The first-order valence-corrected chi connectivity index (χ1v) is 8.85. The Balaban J connectivity index is 1.51. The van der Waals surface area contributed by atoms with Crippen LogP contribution >= 0.6 is 0 Å². The highest BCUT2D eigenvalue weighted by molar-refractivity contribution is 5.60. The molecule has 1 aliphatic rings. The molecule has 1 unspecified atom stereocenters. The number of ether oxygens (including phenoxy) is 4. The number of epoxide rings is 1. The number of hydrogen-bond donors (Lipinski definition) is 0. The molecule has 0 saturated carbocycles. The fraction of sp³-hybridized carbons (Fsp3) is 0.611. The summed E-state index contributed by atoms with van der Waals surface area (Å²) >= 11 is 0. The summed E-state index contributed by atoms with van der Waals surface area (Å²) in [6.45, 7) is 3.81. The van der Waals surface area contributed by atoms with E-state index in [9.17, 15) is 14.9 Å². The number of carbonyl (C=O) groups excluding carboxylic acids is 1. The molecule has 0 spiro atoms. The lowest BCUT2D eigenvalue weighted by molar-refractivity contribution is -0.384. The quantitative estimate of drug-likeness (QED) is 0.183. The fourth-order valence-corrected chi connectivity index (χ4v) is 2.41. The van der Waals surface area contributed by atoms with Crippen molar-refractivity contribution in [3.05, 3.63) is 39.9 Å². The van der Waals surface area contributed by atoms with Gasteiger partial charge in [-0.2, -0.15) is 0 Å². The number of non-ortho nitro benzene ring substituents is 1.